The summed E-state index contributed by atoms with van der Waals surface area (Å²) < 4.78 is 40.0. The Morgan fingerprint density at radius 1 is 1.24 bits per heavy atom. The second-order valence-electron chi connectivity index (χ2n) is 7.82. The molecular formula is C20H23F3N4O2. The van der Waals surface area contributed by atoms with Crippen molar-refractivity contribution in [1.82, 2.24) is 14.7 Å². The standard InChI is InChI=1S/C20H23F3N4O2/c21-20(22,23)15-5-1-13(2-6-15)9-26-11-17(7-18(26)12-28)27-10-16(8-24-27)25-19(29)14-3-4-14/h1-2,5-6,8,10,14,17-18,28H,3-4,7,9,11-12H2,(H,25,29)/t17-,18-/m0/s1. The molecule has 2 aromatic rings. The number of halogens is 3. The minimum Gasteiger partial charge on any atom is -0.395 e. The SMILES string of the molecule is O=C(Nc1cnn([C@H]2C[C@@H](CO)N(Cc3ccc(C(F)(F)F)cc3)C2)c1)C1CC1. The number of aliphatic hydroxyl groups excluding tert-OH is 1. The number of nitrogens with one attached hydrogen (secondary N) is 1. The highest BCUT2D eigenvalue weighted by Crippen LogP contribution is 2.32. The molecule has 2 N–H and O–H groups in total. The third kappa shape index (κ3) is 4.62. The van der Waals surface area contributed by atoms with Crippen molar-refractivity contribution >= 4 is 11.6 Å². The Hall–Kier alpha value is -2.39. The van der Waals surface area contributed by atoms with E-state index in [4.69, 9.17) is 0 Å². The van der Waals surface area contributed by atoms with Gasteiger partial charge in [-0.05, 0) is 37.0 Å². The molecule has 2 heterocycles. The zero-order valence-corrected chi connectivity index (χ0v) is 15.8. The molecule has 0 radical (unpaired) electrons. The lowest BCUT2D eigenvalue weighted by Gasteiger charge is -2.22. The first-order valence-electron chi connectivity index (χ1n) is 9.69. The zero-order valence-electron chi connectivity index (χ0n) is 15.8. The molecule has 2 aliphatic rings. The number of alkyl halides is 3. The van der Waals surface area contributed by atoms with Crippen molar-refractivity contribution in [2.45, 2.75) is 44.1 Å². The van der Waals surface area contributed by atoms with Crippen molar-refractivity contribution < 1.29 is 23.1 Å². The Kier molecular flexibility index (Phi) is 5.35. The lowest BCUT2D eigenvalue weighted by atomic mass is 10.1. The van der Waals surface area contributed by atoms with Crippen LogP contribution in [0, 0.1) is 5.92 Å². The molecule has 156 valence electrons. The maximum absolute atomic E-state index is 12.7. The summed E-state index contributed by atoms with van der Waals surface area (Å²) in [6.07, 6.45) is 1.60. The quantitative estimate of drug-likeness (QED) is 0.771. The number of aromatic nitrogens is 2. The van der Waals surface area contributed by atoms with Crippen molar-refractivity contribution in [2.24, 2.45) is 5.92 Å². The summed E-state index contributed by atoms with van der Waals surface area (Å²) in [6.45, 7) is 1.03. The van der Waals surface area contributed by atoms with Crippen LogP contribution < -0.4 is 5.32 Å². The lowest BCUT2D eigenvalue weighted by molar-refractivity contribution is -0.137. The molecule has 0 unspecified atom stereocenters. The molecule has 1 aliphatic carbocycles. The van der Waals surface area contributed by atoms with E-state index in [2.05, 4.69) is 15.3 Å². The number of likely N-dealkylation sites (tertiary alicyclic amines) is 1. The van der Waals surface area contributed by atoms with E-state index >= 15 is 0 Å². The van der Waals surface area contributed by atoms with Gasteiger partial charge in [0.05, 0.1) is 30.1 Å². The smallest absolute Gasteiger partial charge is 0.395 e. The third-order valence-electron chi connectivity index (χ3n) is 5.57. The summed E-state index contributed by atoms with van der Waals surface area (Å²) in [5.74, 6) is 0.135. The molecule has 1 amide bonds. The van der Waals surface area contributed by atoms with E-state index in [9.17, 15) is 23.1 Å². The second kappa shape index (κ2) is 7.79. The van der Waals surface area contributed by atoms with Crippen LogP contribution in [0.25, 0.3) is 0 Å². The number of amides is 1. The minimum absolute atomic E-state index is 0.0214. The molecule has 29 heavy (non-hydrogen) atoms. The molecule has 0 bridgehead atoms. The number of rotatable bonds is 6. The van der Waals surface area contributed by atoms with E-state index in [-0.39, 0.29) is 30.5 Å². The van der Waals surface area contributed by atoms with Gasteiger partial charge in [-0.25, -0.2) is 0 Å². The van der Waals surface area contributed by atoms with Gasteiger partial charge in [0.15, 0.2) is 0 Å². The Balaban J connectivity index is 1.39. The van der Waals surface area contributed by atoms with E-state index in [1.165, 1.54) is 12.1 Å². The van der Waals surface area contributed by atoms with Crippen LogP contribution in [0.1, 0.15) is 36.4 Å². The first-order chi connectivity index (χ1) is 13.8. The van der Waals surface area contributed by atoms with Crippen molar-refractivity contribution in [1.29, 1.82) is 0 Å². The second-order valence-corrected chi connectivity index (χ2v) is 7.82. The fourth-order valence-corrected chi connectivity index (χ4v) is 3.76. The lowest BCUT2D eigenvalue weighted by Crippen LogP contribution is -2.31. The Bertz CT molecular complexity index is 861. The highest BCUT2D eigenvalue weighted by molar-refractivity contribution is 5.93. The molecule has 2 atom stereocenters. The van der Waals surface area contributed by atoms with Crippen LogP contribution in [0.3, 0.4) is 0 Å². The molecule has 4 rings (SSSR count). The summed E-state index contributed by atoms with van der Waals surface area (Å²) >= 11 is 0. The number of hydrogen-bond donors (Lipinski definition) is 2. The average Bonchev–Trinajstić information content (AvgIpc) is 3.31. The molecule has 1 aromatic carbocycles. The number of aliphatic hydroxyl groups is 1. The van der Waals surface area contributed by atoms with Crippen LogP contribution in [0.2, 0.25) is 0 Å². The van der Waals surface area contributed by atoms with Crippen LogP contribution in [0.4, 0.5) is 18.9 Å². The van der Waals surface area contributed by atoms with Gasteiger partial charge in [-0.2, -0.15) is 18.3 Å². The third-order valence-corrected chi connectivity index (χ3v) is 5.57. The summed E-state index contributed by atoms with van der Waals surface area (Å²) in [4.78, 5) is 13.9. The van der Waals surface area contributed by atoms with Gasteiger partial charge in [0.2, 0.25) is 5.91 Å². The maximum Gasteiger partial charge on any atom is 0.416 e. The van der Waals surface area contributed by atoms with Gasteiger partial charge < -0.3 is 10.4 Å². The highest BCUT2D eigenvalue weighted by Gasteiger charge is 2.34. The summed E-state index contributed by atoms with van der Waals surface area (Å²) in [7, 11) is 0. The van der Waals surface area contributed by atoms with Gasteiger partial charge in [-0.1, -0.05) is 12.1 Å². The average molecular weight is 408 g/mol. The molecular weight excluding hydrogens is 385 g/mol. The molecule has 1 aliphatic heterocycles. The topological polar surface area (TPSA) is 70.4 Å². The molecule has 1 aromatic heterocycles. The summed E-state index contributed by atoms with van der Waals surface area (Å²) in [5, 5.41) is 17.0. The Labute approximate surface area is 166 Å². The van der Waals surface area contributed by atoms with Crippen LogP contribution >= 0.6 is 0 Å². The van der Waals surface area contributed by atoms with Crippen molar-refractivity contribution in [2.75, 3.05) is 18.5 Å². The molecule has 1 saturated carbocycles. The van der Waals surface area contributed by atoms with E-state index in [0.29, 0.717) is 25.2 Å². The first-order valence-corrected chi connectivity index (χ1v) is 9.69. The first kappa shape index (κ1) is 19.9. The van der Waals surface area contributed by atoms with E-state index < -0.39 is 11.7 Å². The molecule has 2 fully saturated rings. The number of carbonyl (C=O) groups excluding carboxylic acids is 1. The van der Waals surface area contributed by atoms with Gasteiger partial charge >= 0.3 is 6.18 Å². The maximum atomic E-state index is 12.7. The highest BCUT2D eigenvalue weighted by atomic mass is 19.4. The number of hydrogen-bond acceptors (Lipinski definition) is 4. The van der Waals surface area contributed by atoms with Gasteiger partial charge in [0.1, 0.15) is 0 Å². The van der Waals surface area contributed by atoms with Gasteiger partial charge in [0.25, 0.3) is 0 Å². The van der Waals surface area contributed by atoms with Crippen LogP contribution in [-0.2, 0) is 17.5 Å². The van der Waals surface area contributed by atoms with Crippen LogP contribution in [0.5, 0.6) is 0 Å². The fourth-order valence-electron chi connectivity index (χ4n) is 3.76. The largest absolute Gasteiger partial charge is 0.416 e. The van der Waals surface area contributed by atoms with Gasteiger partial charge in [-0.3, -0.25) is 14.4 Å². The Morgan fingerprint density at radius 2 is 1.97 bits per heavy atom. The van der Waals surface area contributed by atoms with Crippen molar-refractivity contribution in [3.05, 3.63) is 47.8 Å². The summed E-state index contributed by atoms with van der Waals surface area (Å²) in [6, 6.07) is 5.04. The molecule has 9 heteroatoms. The van der Waals surface area contributed by atoms with Gasteiger partial charge in [0, 0.05) is 31.2 Å². The van der Waals surface area contributed by atoms with Crippen LogP contribution in [0.15, 0.2) is 36.7 Å². The normalized spacial score (nSPS) is 22.8. The van der Waals surface area contributed by atoms with E-state index in [1.54, 1.807) is 17.1 Å². The number of nitrogens with zero attached hydrogens (tertiary/aromatic N) is 3. The molecule has 1 saturated heterocycles. The van der Waals surface area contributed by atoms with Crippen molar-refractivity contribution in [3.63, 3.8) is 0 Å². The van der Waals surface area contributed by atoms with E-state index in [0.717, 1.165) is 30.5 Å². The van der Waals surface area contributed by atoms with Crippen molar-refractivity contribution in [3.8, 4) is 0 Å². The Morgan fingerprint density at radius 3 is 2.59 bits per heavy atom. The fraction of sp³-hybridized carbons (Fsp3) is 0.500. The monoisotopic (exact) mass is 408 g/mol. The zero-order chi connectivity index (χ0) is 20.6. The molecule has 0 spiro atoms. The number of benzene rings is 1. The summed E-state index contributed by atoms with van der Waals surface area (Å²) in [5.41, 5.74) is 0.746. The van der Waals surface area contributed by atoms with E-state index in [1.807, 2.05) is 0 Å². The predicted octanol–water partition coefficient (Wildman–Crippen LogP) is 3.06. The number of anilines is 1. The van der Waals surface area contributed by atoms with Crippen LogP contribution in [-0.4, -0.2) is 44.9 Å². The molecule has 6 nitrogen and oxygen atoms in total. The van der Waals surface area contributed by atoms with Gasteiger partial charge in [-0.15, -0.1) is 0 Å². The minimum atomic E-state index is -4.35. The number of carbonyl (C=O) groups is 1. The predicted molar refractivity (Wildman–Crippen MR) is 100.0 cm³/mol.